The quantitative estimate of drug-likeness (QED) is 0.877. The van der Waals surface area contributed by atoms with Crippen molar-refractivity contribution in [1.82, 2.24) is 20.0 Å². The molecular formula is C20H26N4O3. The number of piperazine rings is 1. The van der Waals surface area contributed by atoms with Gasteiger partial charge in [-0.3, -0.25) is 14.7 Å². The summed E-state index contributed by atoms with van der Waals surface area (Å²) in [6.45, 7) is 6.32. The van der Waals surface area contributed by atoms with Gasteiger partial charge in [-0.05, 0) is 36.2 Å². The van der Waals surface area contributed by atoms with Crippen LogP contribution in [0.3, 0.4) is 0 Å². The Labute approximate surface area is 159 Å². The van der Waals surface area contributed by atoms with Crippen LogP contribution < -0.4 is 4.74 Å². The number of amides is 2. The lowest BCUT2D eigenvalue weighted by molar-refractivity contribution is -0.133. The van der Waals surface area contributed by atoms with Gasteiger partial charge >= 0.3 is 0 Å². The zero-order chi connectivity index (χ0) is 19.4. The Morgan fingerprint density at radius 3 is 2.33 bits per heavy atom. The highest BCUT2D eigenvalue weighted by atomic mass is 16.5. The Morgan fingerprint density at radius 1 is 1.11 bits per heavy atom. The van der Waals surface area contributed by atoms with Gasteiger partial charge in [0.1, 0.15) is 11.4 Å². The van der Waals surface area contributed by atoms with Crippen LogP contribution in [0.5, 0.6) is 5.75 Å². The van der Waals surface area contributed by atoms with Crippen molar-refractivity contribution in [3.8, 4) is 17.0 Å². The van der Waals surface area contributed by atoms with Gasteiger partial charge in [-0.1, -0.05) is 13.8 Å². The van der Waals surface area contributed by atoms with Gasteiger partial charge in [0.05, 0.1) is 12.8 Å². The fraction of sp³-hybridized carbons (Fsp3) is 0.450. The van der Waals surface area contributed by atoms with E-state index in [1.54, 1.807) is 18.1 Å². The summed E-state index contributed by atoms with van der Waals surface area (Å²) in [4.78, 5) is 28.5. The van der Waals surface area contributed by atoms with Crippen LogP contribution in [-0.4, -0.2) is 65.1 Å². The largest absolute Gasteiger partial charge is 0.497 e. The molecule has 1 aliphatic rings. The average molecular weight is 370 g/mol. The van der Waals surface area contributed by atoms with E-state index in [9.17, 15) is 9.59 Å². The molecule has 0 saturated carbocycles. The molecule has 0 aliphatic carbocycles. The van der Waals surface area contributed by atoms with Gasteiger partial charge in [0.25, 0.3) is 5.91 Å². The summed E-state index contributed by atoms with van der Waals surface area (Å²) < 4.78 is 5.16. The molecule has 7 nitrogen and oxygen atoms in total. The number of aromatic nitrogens is 2. The third-order valence-electron chi connectivity index (χ3n) is 4.70. The van der Waals surface area contributed by atoms with Crippen molar-refractivity contribution in [1.29, 1.82) is 0 Å². The minimum absolute atomic E-state index is 0.0850. The molecule has 27 heavy (non-hydrogen) atoms. The summed E-state index contributed by atoms with van der Waals surface area (Å²) >= 11 is 0. The van der Waals surface area contributed by atoms with Crippen LogP contribution in [-0.2, 0) is 4.79 Å². The maximum absolute atomic E-state index is 12.7. The zero-order valence-corrected chi connectivity index (χ0v) is 16.1. The molecule has 2 amide bonds. The number of hydrogen-bond donors (Lipinski definition) is 1. The Morgan fingerprint density at radius 2 is 1.74 bits per heavy atom. The lowest BCUT2D eigenvalue weighted by Gasteiger charge is -2.34. The molecule has 7 heteroatoms. The fourth-order valence-corrected chi connectivity index (χ4v) is 3.15. The van der Waals surface area contributed by atoms with Crippen molar-refractivity contribution in [3.05, 3.63) is 36.0 Å². The van der Waals surface area contributed by atoms with Crippen LogP contribution in [0.2, 0.25) is 0 Å². The normalized spacial score (nSPS) is 14.5. The van der Waals surface area contributed by atoms with Gasteiger partial charge in [0, 0.05) is 38.2 Å². The first-order valence-corrected chi connectivity index (χ1v) is 9.25. The third kappa shape index (κ3) is 4.48. The predicted octanol–water partition coefficient (Wildman–Crippen LogP) is 2.42. The van der Waals surface area contributed by atoms with Gasteiger partial charge in [0.15, 0.2) is 0 Å². The summed E-state index contributed by atoms with van der Waals surface area (Å²) in [7, 11) is 1.62. The second-order valence-corrected chi connectivity index (χ2v) is 7.17. The van der Waals surface area contributed by atoms with Gasteiger partial charge in [-0.2, -0.15) is 5.10 Å². The summed E-state index contributed by atoms with van der Waals surface area (Å²) in [5, 5.41) is 7.09. The van der Waals surface area contributed by atoms with E-state index < -0.39 is 0 Å². The number of hydrogen-bond acceptors (Lipinski definition) is 4. The monoisotopic (exact) mass is 370 g/mol. The molecule has 0 bridgehead atoms. The van der Waals surface area contributed by atoms with Crippen LogP contribution in [0, 0.1) is 5.92 Å². The first kappa shape index (κ1) is 18.9. The molecule has 3 rings (SSSR count). The van der Waals surface area contributed by atoms with E-state index in [0.29, 0.717) is 49.9 Å². The molecule has 0 spiro atoms. The maximum atomic E-state index is 12.7. The molecule has 1 aliphatic heterocycles. The van der Waals surface area contributed by atoms with Crippen LogP contribution >= 0.6 is 0 Å². The lowest BCUT2D eigenvalue weighted by atomic mass is 10.1. The number of ether oxygens (including phenoxy) is 1. The molecule has 1 fully saturated rings. The van der Waals surface area contributed by atoms with E-state index in [2.05, 4.69) is 10.2 Å². The summed E-state index contributed by atoms with van der Waals surface area (Å²) in [6, 6.07) is 9.29. The first-order chi connectivity index (χ1) is 13.0. The van der Waals surface area contributed by atoms with Crippen molar-refractivity contribution in [3.63, 3.8) is 0 Å². The second kappa shape index (κ2) is 8.24. The average Bonchev–Trinajstić information content (AvgIpc) is 3.17. The Bertz CT molecular complexity index is 790. The lowest BCUT2D eigenvalue weighted by Crippen LogP contribution is -2.50. The fourth-order valence-electron chi connectivity index (χ4n) is 3.15. The molecular weight excluding hydrogens is 344 g/mol. The van der Waals surface area contributed by atoms with E-state index in [-0.39, 0.29) is 11.8 Å². The minimum atomic E-state index is -0.0850. The van der Waals surface area contributed by atoms with E-state index in [4.69, 9.17) is 4.74 Å². The van der Waals surface area contributed by atoms with E-state index >= 15 is 0 Å². The first-order valence-electron chi connectivity index (χ1n) is 9.25. The Hall–Kier alpha value is -2.83. The molecule has 1 saturated heterocycles. The number of rotatable bonds is 5. The molecule has 1 aromatic heterocycles. The van der Waals surface area contributed by atoms with Crippen molar-refractivity contribution in [2.75, 3.05) is 33.3 Å². The molecule has 0 atom stereocenters. The highest BCUT2D eigenvalue weighted by Gasteiger charge is 2.26. The number of nitrogens with zero attached hydrogens (tertiary/aromatic N) is 3. The third-order valence-corrected chi connectivity index (χ3v) is 4.70. The minimum Gasteiger partial charge on any atom is -0.497 e. The number of carbonyl (C=O) groups excluding carboxylic acids is 2. The Kier molecular flexibility index (Phi) is 5.78. The zero-order valence-electron chi connectivity index (χ0n) is 16.1. The Balaban J connectivity index is 1.60. The molecule has 1 N–H and O–H groups in total. The van der Waals surface area contributed by atoms with Crippen LogP contribution in [0.1, 0.15) is 30.8 Å². The highest BCUT2D eigenvalue weighted by Crippen LogP contribution is 2.21. The molecule has 0 unspecified atom stereocenters. The van der Waals surface area contributed by atoms with Crippen LogP contribution in [0.15, 0.2) is 30.3 Å². The van der Waals surface area contributed by atoms with Crippen molar-refractivity contribution in [2.45, 2.75) is 20.3 Å². The summed E-state index contributed by atoms with van der Waals surface area (Å²) in [5.41, 5.74) is 2.09. The van der Waals surface area contributed by atoms with Crippen LogP contribution in [0.4, 0.5) is 0 Å². The van der Waals surface area contributed by atoms with Gasteiger partial charge in [-0.25, -0.2) is 0 Å². The second-order valence-electron chi connectivity index (χ2n) is 7.17. The number of nitrogens with one attached hydrogen (secondary N) is 1. The van der Waals surface area contributed by atoms with Gasteiger partial charge in [-0.15, -0.1) is 0 Å². The van der Waals surface area contributed by atoms with E-state index in [1.807, 2.05) is 43.0 Å². The summed E-state index contributed by atoms with van der Waals surface area (Å²) in [6.07, 6.45) is 0.555. The molecule has 144 valence electrons. The maximum Gasteiger partial charge on any atom is 0.272 e. The highest BCUT2D eigenvalue weighted by molar-refractivity contribution is 5.93. The standard InChI is InChI=1S/C20H26N4O3/c1-14(2)12-19(25)23-8-10-24(11-9-23)20(26)18-13-17(21-22-18)15-4-6-16(27-3)7-5-15/h4-7,13-14H,8-12H2,1-3H3,(H,21,22). The van der Waals surface area contributed by atoms with Crippen molar-refractivity contribution >= 4 is 11.8 Å². The topological polar surface area (TPSA) is 78.5 Å². The van der Waals surface area contributed by atoms with Gasteiger partial charge < -0.3 is 14.5 Å². The number of benzene rings is 1. The van der Waals surface area contributed by atoms with E-state index in [0.717, 1.165) is 11.3 Å². The number of methoxy groups -OCH3 is 1. The molecule has 1 aromatic carbocycles. The number of aromatic amines is 1. The number of H-pyrrole nitrogens is 1. The van der Waals surface area contributed by atoms with E-state index in [1.165, 1.54) is 0 Å². The summed E-state index contributed by atoms with van der Waals surface area (Å²) in [5.74, 6) is 1.20. The van der Waals surface area contributed by atoms with Crippen molar-refractivity contribution in [2.24, 2.45) is 5.92 Å². The molecule has 2 heterocycles. The van der Waals surface area contributed by atoms with Crippen molar-refractivity contribution < 1.29 is 14.3 Å². The predicted molar refractivity (Wildman–Crippen MR) is 103 cm³/mol. The smallest absolute Gasteiger partial charge is 0.272 e. The van der Waals surface area contributed by atoms with Crippen LogP contribution in [0.25, 0.3) is 11.3 Å². The SMILES string of the molecule is COc1ccc(-c2cc(C(=O)N3CCN(C(=O)CC(C)C)CC3)[nH]n2)cc1. The molecule has 0 radical (unpaired) electrons. The van der Waals surface area contributed by atoms with Gasteiger partial charge in [0.2, 0.25) is 5.91 Å². The molecule has 2 aromatic rings. The number of carbonyl (C=O) groups is 2.